The van der Waals surface area contributed by atoms with E-state index in [4.69, 9.17) is 0 Å². The van der Waals surface area contributed by atoms with Gasteiger partial charge in [0, 0.05) is 33.2 Å². The summed E-state index contributed by atoms with van der Waals surface area (Å²) in [5.74, 6) is 0.843. The van der Waals surface area contributed by atoms with Gasteiger partial charge in [0.25, 0.3) is 5.91 Å². The Morgan fingerprint density at radius 3 is 2.50 bits per heavy atom. The van der Waals surface area contributed by atoms with Crippen LogP contribution in [0.25, 0.3) is 0 Å². The number of hydrogen-bond donors (Lipinski definition) is 0. The van der Waals surface area contributed by atoms with E-state index in [0.29, 0.717) is 5.69 Å². The Labute approximate surface area is 156 Å². The van der Waals surface area contributed by atoms with Crippen LogP contribution >= 0.6 is 0 Å². The van der Waals surface area contributed by atoms with E-state index in [1.807, 2.05) is 25.2 Å². The number of pyridine rings is 1. The zero-order valence-electron chi connectivity index (χ0n) is 16.1. The number of anilines is 1. The fourth-order valence-electron chi connectivity index (χ4n) is 3.26. The predicted molar refractivity (Wildman–Crippen MR) is 106 cm³/mol. The minimum Gasteiger partial charge on any atom is -0.354 e. The number of amides is 1. The molecule has 1 aromatic carbocycles. The van der Waals surface area contributed by atoms with Gasteiger partial charge in [-0.05, 0) is 38.6 Å². The molecule has 5 nitrogen and oxygen atoms in total. The third-order valence-electron chi connectivity index (χ3n) is 5.21. The number of carbonyl (C=O) groups excluding carboxylic acids is 1. The summed E-state index contributed by atoms with van der Waals surface area (Å²) < 4.78 is 0. The number of rotatable bonds is 4. The molecule has 0 aliphatic carbocycles. The summed E-state index contributed by atoms with van der Waals surface area (Å²) in [5.41, 5.74) is 2.84. The molecular weight excluding hydrogens is 324 g/mol. The Morgan fingerprint density at radius 1 is 1.12 bits per heavy atom. The van der Waals surface area contributed by atoms with Crippen molar-refractivity contribution >= 4 is 11.7 Å². The van der Waals surface area contributed by atoms with E-state index in [1.165, 1.54) is 5.56 Å². The summed E-state index contributed by atoms with van der Waals surface area (Å²) >= 11 is 0. The lowest BCUT2D eigenvalue weighted by molar-refractivity contribution is 0.0736. The van der Waals surface area contributed by atoms with Crippen LogP contribution in [0.4, 0.5) is 5.82 Å². The van der Waals surface area contributed by atoms with Crippen molar-refractivity contribution in [3.63, 3.8) is 0 Å². The highest BCUT2D eigenvalue weighted by Crippen LogP contribution is 2.22. The van der Waals surface area contributed by atoms with Crippen LogP contribution in [0.3, 0.4) is 0 Å². The van der Waals surface area contributed by atoms with Crippen molar-refractivity contribution in [1.29, 1.82) is 0 Å². The van der Waals surface area contributed by atoms with E-state index in [2.05, 4.69) is 53.9 Å². The van der Waals surface area contributed by atoms with Crippen molar-refractivity contribution in [2.45, 2.75) is 19.9 Å². The van der Waals surface area contributed by atoms with Gasteiger partial charge in [-0.15, -0.1) is 0 Å². The maximum atomic E-state index is 13.0. The second-order valence-corrected chi connectivity index (χ2v) is 7.18. The minimum atomic E-state index is -0.0463. The van der Waals surface area contributed by atoms with Crippen molar-refractivity contribution in [2.24, 2.45) is 0 Å². The van der Waals surface area contributed by atoms with Gasteiger partial charge in [-0.1, -0.05) is 35.9 Å². The van der Waals surface area contributed by atoms with Gasteiger partial charge in [-0.2, -0.15) is 0 Å². The molecule has 1 fully saturated rings. The fourth-order valence-corrected chi connectivity index (χ4v) is 3.26. The highest BCUT2D eigenvalue weighted by molar-refractivity contribution is 5.92. The molecule has 1 aliphatic heterocycles. The van der Waals surface area contributed by atoms with Gasteiger partial charge in [0.1, 0.15) is 11.5 Å². The molecule has 26 heavy (non-hydrogen) atoms. The van der Waals surface area contributed by atoms with Crippen molar-refractivity contribution in [3.8, 4) is 0 Å². The molecule has 3 rings (SSSR count). The van der Waals surface area contributed by atoms with Crippen molar-refractivity contribution < 1.29 is 4.79 Å². The maximum absolute atomic E-state index is 13.0. The summed E-state index contributed by atoms with van der Waals surface area (Å²) in [7, 11) is 3.98. The van der Waals surface area contributed by atoms with E-state index >= 15 is 0 Å². The van der Waals surface area contributed by atoms with Crippen LogP contribution in [0, 0.1) is 6.92 Å². The first-order chi connectivity index (χ1) is 12.5. The average molecular weight is 352 g/mol. The lowest BCUT2D eigenvalue weighted by Crippen LogP contribution is -2.45. The topological polar surface area (TPSA) is 39.7 Å². The zero-order valence-corrected chi connectivity index (χ0v) is 16.1. The maximum Gasteiger partial charge on any atom is 0.272 e. The number of benzene rings is 1. The predicted octanol–water partition coefficient (Wildman–Crippen LogP) is 2.98. The van der Waals surface area contributed by atoms with Gasteiger partial charge in [-0.3, -0.25) is 4.79 Å². The molecule has 1 amide bonds. The van der Waals surface area contributed by atoms with Gasteiger partial charge < -0.3 is 14.7 Å². The number of aryl methyl sites for hydroxylation is 1. The van der Waals surface area contributed by atoms with E-state index in [9.17, 15) is 4.79 Å². The van der Waals surface area contributed by atoms with Crippen LogP contribution in [0.15, 0.2) is 42.5 Å². The number of hydrogen-bond acceptors (Lipinski definition) is 4. The molecule has 0 unspecified atom stereocenters. The van der Waals surface area contributed by atoms with E-state index in [1.54, 1.807) is 11.0 Å². The third kappa shape index (κ3) is 4.05. The molecule has 0 spiro atoms. The molecule has 1 aliphatic rings. The smallest absolute Gasteiger partial charge is 0.272 e. The molecule has 2 heterocycles. The van der Waals surface area contributed by atoms with E-state index < -0.39 is 0 Å². The minimum absolute atomic E-state index is 0.00325. The SMILES string of the molecule is Cc1cccc([C@@H](C)N(C)C(=O)c2cccc(N3CCN(C)CC3)n2)c1. The molecule has 5 heteroatoms. The van der Waals surface area contributed by atoms with Crippen LogP contribution in [-0.4, -0.2) is 61.0 Å². The highest BCUT2D eigenvalue weighted by atomic mass is 16.2. The Kier molecular flexibility index (Phi) is 5.57. The van der Waals surface area contributed by atoms with Gasteiger partial charge in [0.05, 0.1) is 6.04 Å². The van der Waals surface area contributed by atoms with E-state index in [0.717, 1.165) is 37.6 Å². The van der Waals surface area contributed by atoms with Crippen LogP contribution in [-0.2, 0) is 0 Å². The Balaban J connectivity index is 1.75. The molecule has 0 radical (unpaired) electrons. The van der Waals surface area contributed by atoms with Crippen molar-refractivity contribution in [2.75, 3.05) is 45.2 Å². The molecule has 1 atom stereocenters. The second kappa shape index (κ2) is 7.87. The van der Waals surface area contributed by atoms with Crippen molar-refractivity contribution in [1.82, 2.24) is 14.8 Å². The third-order valence-corrected chi connectivity index (χ3v) is 5.21. The van der Waals surface area contributed by atoms with Gasteiger partial charge in [0.15, 0.2) is 0 Å². The Bertz CT molecular complexity index is 768. The molecule has 0 bridgehead atoms. The average Bonchev–Trinajstić information content (AvgIpc) is 2.67. The van der Waals surface area contributed by atoms with E-state index in [-0.39, 0.29) is 11.9 Å². The summed E-state index contributed by atoms with van der Waals surface area (Å²) in [5, 5.41) is 0. The monoisotopic (exact) mass is 352 g/mol. The van der Waals surface area contributed by atoms with Gasteiger partial charge in [-0.25, -0.2) is 4.98 Å². The largest absolute Gasteiger partial charge is 0.354 e. The quantitative estimate of drug-likeness (QED) is 0.848. The Morgan fingerprint density at radius 2 is 1.81 bits per heavy atom. The highest BCUT2D eigenvalue weighted by Gasteiger charge is 2.22. The summed E-state index contributed by atoms with van der Waals surface area (Å²) in [6.07, 6.45) is 0. The lowest BCUT2D eigenvalue weighted by atomic mass is 10.0. The number of nitrogens with zero attached hydrogens (tertiary/aromatic N) is 4. The first-order valence-electron chi connectivity index (χ1n) is 9.20. The first-order valence-corrected chi connectivity index (χ1v) is 9.20. The molecule has 1 saturated heterocycles. The number of carbonyl (C=O) groups is 1. The second-order valence-electron chi connectivity index (χ2n) is 7.18. The molecular formula is C21H28N4O. The summed E-state index contributed by atoms with van der Waals surface area (Å²) in [6.45, 7) is 8.04. The fraction of sp³-hybridized carbons (Fsp3) is 0.429. The molecule has 2 aromatic rings. The standard InChI is InChI=1S/C21H28N4O/c1-16-7-5-8-18(15-16)17(2)24(4)21(26)19-9-6-10-20(22-19)25-13-11-23(3)12-14-25/h5-10,15,17H,11-14H2,1-4H3/t17-/m1/s1. The van der Waals surface area contributed by atoms with Crippen LogP contribution in [0.1, 0.15) is 34.6 Å². The van der Waals surface area contributed by atoms with Crippen LogP contribution in [0.5, 0.6) is 0 Å². The molecule has 0 N–H and O–H groups in total. The number of piperazine rings is 1. The number of likely N-dealkylation sites (N-methyl/N-ethyl adjacent to an activating group) is 1. The number of aromatic nitrogens is 1. The molecule has 138 valence electrons. The normalized spacial score (nSPS) is 16.4. The van der Waals surface area contributed by atoms with Crippen LogP contribution in [0.2, 0.25) is 0 Å². The Hall–Kier alpha value is -2.40. The van der Waals surface area contributed by atoms with Gasteiger partial charge >= 0.3 is 0 Å². The zero-order chi connectivity index (χ0) is 18.7. The lowest BCUT2D eigenvalue weighted by Gasteiger charge is -2.33. The van der Waals surface area contributed by atoms with Crippen molar-refractivity contribution in [3.05, 3.63) is 59.3 Å². The summed E-state index contributed by atoms with van der Waals surface area (Å²) in [6, 6.07) is 14.0. The molecule has 0 saturated carbocycles. The first kappa shape index (κ1) is 18.4. The molecule has 1 aromatic heterocycles. The summed E-state index contributed by atoms with van der Waals surface area (Å²) in [4.78, 5) is 23.9. The van der Waals surface area contributed by atoms with Gasteiger partial charge in [0.2, 0.25) is 0 Å². The van der Waals surface area contributed by atoms with Crippen LogP contribution < -0.4 is 4.90 Å².